The maximum Gasteiger partial charge on any atom is 0.269 e. The van der Waals surface area contributed by atoms with Crippen LogP contribution in [0.1, 0.15) is 11.1 Å². The summed E-state index contributed by atoms with van der Waals surface area (Å²) in [5, 5.41) is 3.17. The number of rotatable bonds is 2. The highest BCUT2D eigenvalue weighted by atomic mass is 32.2. The third-order valence-corrected chi connectivity index (χ3v) is 5.14. The van der Waals surface area contributed by atoms with Gasteiger partial charge in [-0.25, -0.2) is 17.4 Å². The molecule has 0 saturated heterocycles. The second-order valence-corrected chi connectivity index (χ2v) is 6.76. The largest absolute Gasteiger partial charge is 0.484 e. The van der Waals surface area contributed by atoms with E-state index in [1.807, 2.05) is 0 Å². The van der Waals surface area contributed by atoms with Crippen molar-refractivity contribution < 1.29 is 17.9 Å². The monoisotopic (exact) mass is 307 g/mol. The molecule has 0 radical (unpaired) electrons. The van der Waals surface area contributed by atoms with Gasteiger partial charge in [0.2, 0.25) is 0 Å². The quantitative estimate of drug-likeness (QED) is 0.870. The Kier molecular flexibility index (Phi) is 2.69. The number of fused-ring (bicyclic) bond motifs is 2. The molecule has 0 saturated carbocycles. The third kappa shape index (κ3) is 1.98. The molecule has 0 spiro atoms. The van der Waals surface area contributed by atoms with E-state index in [4.69, 9.17) is 9.47 Å². The van der Waals surface area contributed by atoms with Crippen LogP contribution >= 0.6 is 0 Å². The molecule has 2 aliphatic heterocycles. The van der Waals surface area contributed by atoms with Gasteiger partial charge in [0.1, 0.15) is 18.1 Å². The maximum atomic E-state index is 12.6. The Labute approximate surface area is 121 Å². The number of ether oxygens (including phenoxy) is 2. The first-order valence-corrected chi connectivity index (χ1v) is 8.00. The lowest BCUT2D eigenvalue weighted by molar-refractivity contribution is 0.163. The lowest BCUT2D eigenvalue weighted by Gasteiger charge is -2.17. The van der Waals surface area contributed by atoms with E-state index < -0.39 is 10.0 Å². The first kappa shape index (κ1) is 12.7. The van der Waals surface area contributed by atoms with Crippen molar-refractivity contribution in [3.63, 3.8) is 0 Å². The van der Waals surface area contributed by atoms with Gasteiger partial charge in [0, 0.05) is 31.5 Å². The van der Waals surface area contributed by atoms with E-state index in [1.54, 1.807) is 12.4 Å². The molecule has 4 heterocycles. The Hall–Kier alpha value is -2.06. The highest BCUT2D eigenvalue weighted by molar-refractivity contribution is 7.90. The molecule has 1 N–H and O–H groups in total. The van der Waals surface area contributed by atoms with Gasteiger partial charge >= 0.3 is 0 Å². The van der Waals surface area contributed by atoms with Crippen molar-refractivity contribution in [3.05, 3.63) is 35.8 Å². The fourth-order valence-electron chi connectivity index (χ4n) is 2.48. The topological polar surface area (TPSA) is 82.5 Å². The van der Waals surface area contributed by atoms with Gasteiger partial charge < -0.3 is 14.8 Å². The fraction of sp³-hybridized carbons (Fsp3) is 0.308. The van der Waals surface area contributed by atoms with Crippen LogP contribution in [0, 0.1) is 0 Å². The molecule has 8 heteroatoms. The van der Waals surface area contributed by atoms with Crippen molar-refractivity contribution in [2.45, 2.75) is 18.0 Å². The molecule has 7 nitrogen and oxygen atoms in total. The molecule has 0 fully saturated rings. The summed E-state index contributed by atoms with van der Waals surface area (Å²) in [4.78, 5) is 4.11. The molecule has 0 amide bonds. The molecular formula is C13H13N3O4S. The molecule has 2 aliphatic rings. The second-order valence-electron chi connectivity index (χ2n) is 4.92. The minimum Gasteiger partial charge on any atom is -0.484 e. The van der Waals surface area contributed by atoms with E-state index in [0.29, 0.717) is 37.9 Å². The lowest BCUT2D eigenvalue weighted by atomic mass is 10.2. The molecule has 0 unspecified atom stereocenters. The molecule has 0 bridgehead atoms. The van der Waals surface area contributed by atoms with Crippen LogP contribution in [0.4, 0.5) is 0 Å². The van der Waals surface area contributed by atoms with Crippen LogP contribution in [0.3, 0.4) is 0 Å². The van der Waals surface area contributed by atoms with Crippen molar-refractivity contribution >= 4 is 10.0 Å². The van der Waals surface area contributed by atoms with Gasteiger partial charge in [0.25, 0.3) is 15.9 Å². The van der Waals surface area contributed by atoms with E-state index >= 15 is 0 Å². The van der Waals surface area contributed by atoms with Crippen molar-refractivity contribution in [1.29, 1.82) is 0 Å². The summed E-state index contributed by atoms with van der Waals surface area (Å²) in [5.41, 5.74) is 2.01. The van der Waals surface area contributed by atoms with Gasteiger partial charge in [-0.05, 0) is 11.1 Å². The van der Waals surface area contributed by atoms with Gasteiger partial charge in [0.05, 0.1) is 6.20 Å². The van der Waals surface area contributed by atoms with Crippen molar-refractivity contribution in [3.8, 4) is 11.6 Å². The van der Waals surface area contributed by atoms with Crippen molar-refractivity contribution in [1.82, 2.24) is 14.3 Å². The summed E-state index contributed by atoms with van der Waals surface area (Å²) in [5.74, 6) is 0.697. The Morgan fingerprint density at radius 2 is 1.86 bits per heavy atom. The molecule has 110 valence electrons. The Bertz CT molecular complexity index is 791. The van der Waals surface area contributed by atoms with Gasteiger partial charge in [-0.2, -0.15) is 0 Å². The molecule has 0 aliphatic carbocycles. The summed E-state index contributed by atoms with van der Waals surface area (Å²) < 4.78 is 37.2. The summed E-state index contributed by atoms with van der Waals surface area (Å²) in [6, 6.07) is 1.46. The zero-order valence-corrected chi connectivity index (χ0v) is 11.9. The van der Waals surface area contributed by atoms with Crippen molar-refractivity contribution in [2.24, 2.45) is 0 Å². The summed E-state index contributed by atoms with van der Waals surface area (Å²) in [6.07, 6.45) is 4.58. The number of aromatic nitrogens is 2. The average Bonchev–Trinajstić information content (AvgIpc) is 3.08. The molecule has 4 rings (SSSR count). The van der Waals surface area contributed by atoms with Crippen LogP contribution in [0.5, 0.6) is 11.6 Å². The highest BCUT2D eigenvalue weighted by Gasteiger charge is 2.24. The highest BCUT2D eigenvalue weighted by Crippen LogP contribution is 2.30. The number of nitrogens with one attached hydrogen (secondary N) is 1. The Morgan fingerprint density at radius 3 is 2.62 bits per heavy atom. The van der Waals surface area contributed by atoms with Crippen LogP contribution in [0.15, 0.2) is 29.6 Å². The second kappa shape index (κ2) is 4.47. The lowest BCUT2D eigenvalue weighted by Crippen LogP contribution is -2.18. The summed E-state index contributed by atoms with van der Waals surface area (Å²) in [6.45, 7) is 2.19. The predicted octanol–water partition coefficient (Wildman–Crippen LogP) is 0.494. The van der Waals surface area contributed by atoms with E-state index in [-0.39, 0.29) is 4.90 Å². The SMILES string of the molecule is O=S(=O)(c1cnc2c(c1)OCCO2)n1cc2c(c1)CNC2. The van der Waals surface area contributed by atoms with Gasteiger partial charge in [-0.1, -0.05) is 0 Å². The smallest absolute Gasteiger partial charge is 0.269 e. The van der Waals surface area contributed by atoms with Gasteiger partial charge in [-0.15, -0.1) is 0 Å². The first-order chi connectivity index (χ1) is 10.1. The van der Waals surface area contributed by atoms with Gasteiger partial charge in [0.15, 0.2) is 5.75 Å². The Balaban J connectivity index is 1.77. The molecule has 2 aromatic heterocycles. The summed E-state index contributed by atoms with van der Waals surface area (Å²) >= 11 is 0. The van der Waals surface area contributed by atoms with Crippen LogP contribution < -0.4 is 14.8 Å². The van der Waals surface area contributed by atoms with E-state index in [9.17, 15) is 8.42 Å². The molecule has 21 heavy (non-hydrogen) atoms. The van der Waals surface area contributed by atoms with Crippen LogP contribution in [0.2, 0.25) is 0 Å². The maximum absolute atomic E-state index is 12.6. The number of pyridine rings is 1. The number of hydrogen-bond donors (Lipinski definition) is 1. The van der Waals surface area contributed by atoms with Crippen LogP contribution in [-0.2, 0) is 23.1 Å². The number of hydrogen-bond acceptors (Lipinski definition) is 6. The van der Waals surface area contributed by atoms with E-state index in [2.05, 4.69) is 10.3 Å². The zero-order valence-electron chi connectivity index (χ0n) is 11.1. The van der Waals surface area contributed by atoms with E-state index in [1.165, 1.54) is 16.2 Å². The fourth-order valence-corrected chi connectivity index (χ4v) is 3.70. The first-order valence-electron chi connectivity index (χ1n) is 6.56. The minimum absolute atomic E-state index is 0.0911. The molecule has 0 atom stereocenters. The Morgan fingerprint density at radius 1 is 1.14 bits per heavy atom. The molecular weight excluding hydrogens is 294 g/mol. The van der Waals surface area contributed by atoms with Crippen molar-refractivity contribution in [2.75, 3.05) is 13.2 Å². The van der Waals surface area contributed by atoms with Crippen LogP contribution in [-0.4, -0.2) is 30.6 Å². The molecule has 2 aromatic rings. The standard InChI is InChI=1S/C13H13N3O4S/c17-21(18,16-7-9-4-14-5-10(9)8-16)11-3-12-13(15-6-11)20-2-1-19-12/h3,6-8,14H,1-2,4-5H2. The van der Waals surface area contributed by atoms with Crippen LogP contribution in [0.25, 0.3) is 0 Å². The zero-order chi connectivity index (χ0) is 14.4. The third-order valence-electron chi connectivity index (χ3n) is 3.56. The van der Waals surface area contributed by atoms with Gasteiger partial charge in [-0.3, -0.25) is 0 Å². The minimum atomic E-state index is -3.66. The normalized spacial score (nSPS) is 16.8. The number of nitrogens with zero attached hydrogens (tertiary/aromatic N) is 2. The van der Waals surface area contributed by atoms with E-state index in [0.717, 1.165) is 11.1 Å². The predicted molar refractivity (Wildman–Crippen MR) is 72.8 cm³/mol. The summed E-state index contributed by atoms with van der Waals surface area (Å²) in [7, 11) is -3.66. The average molecular weight is 307 g/mol. The molecule has 0 aromatic carbocycles.